The third-order valence-corrected chi connectivity index (χ3v) is 5.20. The molecule has 0 radical (unpaired) electrons. The Balaban J connectivity index is 1.49. The Morgan fingerprint density at radius 3 is 2.57 bits per heavy atom. The molecule has 1 aliphatic rings. The minimum Gasteiger partial charge on any atom is -0.495 e. The number of benzene rings is 1. The minimum absolute atomic E-state index is 0.0106. The molecule has 6 heteroatoms. The summed E-state index contributed by atoms with van der Waals surface area (Å²) in [6.45, 7) is 1.48. The van der Waals surface area contributed by atoms with E-state index in [0.717, 1.165) is 31.6 Å². The highest BCUT2D eigenvalue weighted by molar-refractivity contribution is 5.99. The Hall–Kier alpha value is -3.28. The van der Waals surface area contributed by atoms with Crippen LogP contribution in [0.3, 0.4) is 0 Å². The average molecular weight is 376 g/mol. The van der Waals surface area contributed by atoms with E-state index in [1.54, 1.807) is 19.4 Å². The van der Waals surface area contributed by atoms with Crippen LogP contribution in [0, 0.1) is 0 Å². The van der Waals surface area contributed by atoms with Crippen molar-refractivity contribution in [2.45, 2.75) is 18.9 Å². The van der Waals surface area contributed by atoms with Crippen molar-refractivity contribution in [3.63, 3.8) is 0 Å². The van der Waals surface area contributed by atoms with Gasteiger partial charge in [0.15, 0.2) is 0 Å². The number of amides is 1. The lowest BCUT2D eigenvalue weighted by Crippen LogP contribution is -2.39. The Labute approximate surface area is 164 Å². The van der Waals surface area contributed by atoms with E-state index < -0.39 is 0 Å². The summed E-state index contributed by atoms with van der Waals surface area (Å²) in [6, 6.07) is 15.8. The largest absolute Gasteiger partial charge is 0.495 e. The molecule has 1 saturated heterocycles. The SMILES string of the molecule is COc1ccccc1Nc1ncccc1C(=O)N1CCC(n2cccc2)CC1. The maximum absolute atomic E-state index is 13.2. The number of likely N-dealkylation sites (tertiary alicyclic amines) is 1. The van der Waals surface area contributed by atoms with Crippen molar-refractivity contribution in [1.82, 2.24) is 14.5 Å². The summed E-state index contributed by atoms with van der Waals surface area (Å²) in [6.07, 6.45) is 7.79. The van der Waals surface area contributed by atoms with E-state index in [2.05, 4.69) is 27.3 Å². The van der Waals surface area contributed by atoms with E-state index in [4.69, 9.17) is 4.74 Å². The van der Waals surface area contributed by atoms with Crippen LogP contribution >= 0.6 is 0 Å². The second-order valence-corrected chi connectivity index (χ2v) is 6.88. The van der Waals surface area contributed by atoms with E-state index in [-0.39, 0.29) is 5.91 Å². The van der Waals surface area contributed by atoms with Crippen molar-refractivity contribution >= 4 is 17.4 Å². The third kappa shape index (κ3) is 3.71. The zero-order valence-corrected chi connectivity index (χ0v) is 15.9. The second-order valence-electron chi connectivity index (χ2n) is 6.88. The predicted octanol–water partition coefficient (Wildman–Crippen LogP) is 4.11. The molecule has 1 amide bonds. The van der Waals surface area contributed by atoms with Crippen LogP contribution in [0.25, 0.3) is 0 Å². The number of carbonyl (C=O) groups is 1. The van der Waals surface area contributed by atoms with Crippen LogP contribution < -0.4 is 10.1 Å². The molecule has 3 aromatic rings. The van der Waals surface area contributed by atoms with Crippen molar-refractivity contribution in [2.24, 2.45) is 0 Å². The highest BCUT2D eigenvalue weighted by Crippen LogP contribution is 2.29. The van der Waals surface area contributed by atoms with Gasteiger partial charge in [-0.15, -0.1) is 0 Å². The molecule has 1 N–H and O–H groups in total. The van der Waals surface area contributed by atoms with Crippen LogP contribution in [0.4, 0.5) is 11.5 Å². The smallest absolute Gasteiger partial charge is 0.257 e. The summed E-state index contributed by atoms with van der Waals surface area (Å²) in [5.74, 6) is 1.26. The number of nitrogens with one attached hydrogen (secondary N) is 1. The number of aromatic nitrogens is 2. The number of ether oxygens (including phenoxy) is 1. The number of hydrogen-bond acceptors (Lipinski definition) is 4. The van der Waals surface area contributed by atoms with Crippen LogP contribution in [0.15, 0.2) is 67.1 Å². The van der Waals surface area contributed by atoms with Gasteiger partial charge in [-0.25, -0.2) is 4.98 Å². The van der Waals surface area contributed by atoms with Crippen LogP contribution in [-0.2, 0) is 0 Å². The molecule has 3 heterocycles. The zero-order chi connectivity index (χ0) is 19.3. The molecule has 1 aliphatic heterocycles. The average Bonchev–Trinajstić information content (AvgIpc) is 3.29. The van der Waals surface area contributed by atoms with Crippen molar-refractivity contribution in [1.29, 1.82) is 0 Å². The molecule has 0 saturated carbocycles. The fraction of sp³-hybridized carbons (Fsp3) is 0.273. The van der Waals surface area contributed by atoms with Gasteiger partial charge in [-0.05, 0) is 49.2 Å². The van der Waals surface area contributed by atoms with Gasteiger partial charge in [0, 0.05) is 37.7 Å². The second kappa shape index (κ2) is 8.17. The number of hydrogen-bond donors (Lipinski definition) is 1. The number of carbonyl (C=O) groups excluding carboxylic acids is 1. The Bertz CT molecular complexity index is 931. The summed E-state index contributed by atoms with van der Waals surface area (Å²) in [4.78, 5) is 19.5. The minimum atomic E-state index is 0.0106. The monoisotopic (exact) mass is 376 g/mol. The molecule has 2 aromatic heterocycles. The first-order valence-corrected chi connectivity index (χ1v) is 9.53. The number of pyridine rings is 1. The van der Waals surface area contributed by atoms with Gasteiger partial charge in [0.05, 0.1) is 18.4 Å². The molecule has 6 nitrogen and oxygen atoms in total. The molecular weight excluding hydrogens is 352 g/mol. The Morgan fingerprint density at radius 1 is 1.07 bits per heavy atom. The van der Waals surface area contributed by atoms with Crippen molar-refractivity contribution in [3.05, 3.63) is 72.7 Å². The van der Waals surface area contributed by atoms with Gasteiger partial charge < -0.3 is 19.5 Å². The molecule has 0 unspecified atom stereocenters. The molecule has 1 aromatic carbocycles. The van der Waals surface area contributed by atoms with Gasteiger partial charge in [-0.3, -0.25) is 4.79 Å². The first-order valence-electron chi connectivity index (χ1n) is 9.53. The first kappa shape index (κ1) is 18.1. The highest BCUT2D eigenvalue weighted by Gasteiger charge is 2.26. The van der Waals surface area contributed by atoms with Crippen LogP contribution in [-0.4, -0.2) is 40.6 Å². The summed E-state index contributed by atoms with van der Waals surface area (Å²) < 4.78 is 7.63. The predicted molar refractivity (Wildman–Crippen MR) is 109 cm³/mol. The molecule has 1 fully saturated rings. The number of anilines is 2. The van der Waals surface area contributed by atoms with Gasteiger partial charge >= 0.3 is 0 Å². The Morgan fingerprint density at radius 2 is 1.82 bits per heavy atom. The standard InChI is InChI=1S/C22H24N4O2/c1-28-20-9-3-2-8-19(20)24-21-18(7-6-12-23-21)22(27)26-15-10-17(11-16-26)25-13-4-5-14-25/h2-9,12-14,17H,10-11,15-16H2,1H3,(H,23,24). The van der Waals surface area contributed by atoms with E-state index >= 15 is 0 Å². The summed E-state index contributed by atoms with van der Waals surface area (Å²) in [5, 5.41) is 3.26. The maximum atomic E-state index is 13.2. The summed E-state index contributed by atoms with van der Waals surface area (Å²) in [5.41, 5.74) is 1.36. The van der Waals surface area contributed by atoms with Gasteiger partial charge in [-0.1, -0.05) is 12.1 Å². The van der Waals surface area contributed by atoms with Crippen LogP contribution in [0.5, 0.6) is 5.75 Å². The molecule has 0 spiro atoms. The lowest BCUT2D eigenvalue weighted by atomic mass is 10.0. The highest BCUT2D eigenvalue weighted by atomic mass is 16.5. The molecule has 0 bridgehead atoms. The van der Waals surface area contributed by atoms with Crippen LogP contribution in [0.2, 0.25) is 0 Å². The van der Waals surface area contributed by atoms with Gasteiger partial charge in [0.2, 0.25) is 0 Å². The molecule has 28 heavy (non-hydrogen) atoms. The number of methoxy groups -OCH3 is 1. The lowest BCUT2D eigenvalue weighted by Gasteiger charge is -2.33. The van der Waals surface area contributed by atoms with Crippen molar-refractivity contribution < 1.29 is 9.53 Å². The number of nitrogens with zero attached hydrogens (tertiary/aromatic N) is 3. The van der Waals surface area contributed by atoms with E-state index in [0.29, 0.717) is 23.2 Å². The normalized spacial score (nSPS) is 14.7. The first-order chi connectivity index (χ1) is 13.8. The van der Waals surface area contributed by atoms with E-state index in [9.17, 15) is 4.79 Å². The molecule has 0 atom stereocenters. The van der Waals surface area contributed by atoms with E-state index in [1.807, 2.05) is 47.4 Å². The maximum Gasteiger partial charge on any atom is 0.257 e. The number of rotatable bonds is 5. The molecule has 4 rings (SSSR count). The zero-order valence-electron chi connectivity index (χ0n) is 15.9. The fourth-order valence-corrected chi connectivity index (χ4v) is 3.68. The Kier molecular flexibility index (Phi) is 5.28. The lowest BCUT2D eigenvalue weighted by molar-refractivity contribution is 0.0695. The van der Waals surface area contributed by atoms with Crippen molar-refractivity contribution in [3.8, 4) is 5.75 Å². The summed E-state index contributed by atoms with van der Waals surface area (Å²) in [7, 11) is 1.62. The van der Waals surface area contributed by atoms with Gasteiger partial charge in [0.1, 0.15) is 11.6 Å². The van der Waals surface area contributed by atoms with Gasteiger partial charge in [-0.2, -0.15) is 0 Å². The van der Waals surface area contributed by atoms with Gasteiger partial charge in [0.25, 0.3) is 5.91 Å². The molecule has 144 valence electrons. The molecule has 0 aliphatic carbocycles. The summed E-state index contributed by atoms with van der Waals surface area (Å²) >= 11 is 0. The topological polar surface area (TPSA) is 59.4 Å². The third-order valence-electron chi connectivity index (χ3n) is 5.20. The number of piperidine rings is 1. The molecular formula is C22H24N4O2. The quantitative estimate of drug-likeness (QED) is 0.728. The van der Waals surface area contributed by atoms with E-state index in [1.165, 1.54) is 0 Å². The number of para-hydroxylation sites is 2. The van der Waals surface area contributed by atoms with Crippen LogP contribution in [0.1, 0.15) is 29.2 Å². The fourth-order valence-electron chi connectivity index (χ4n) is 3.68. The van der Waals surface area contributed by atoms with Crippen molar-refractivity contribution in [2.75, 3.05) is 25.5 Å².